The van der Waals surface area contributed by atoms with Gasteiger partial charge < -0.3 is 5.32 Å². The molecule has 0 bridgehead atoms. The Kier molecular flexibility index (Phi) is 4.28. The number of nitro benzene ring substituents is 1. The van der Waals surface area contributed by atoms with Crippen LogP contribution in [-0.2, 0) is 0 Å². The molecule has 5 nitrogen and oxygen atoms in total. The van der Waals surface area contributed by atoms with Crippen LogP contribution in [0.2, 0.25) is 0 Å². The number of amides is 1. The minimum absolute atomic E-state index is 0.325. The van der Waals surface area contributed by atoms with Gasteiger partial charge in [-0.3, -0.25) is 14.9 Å². The lowest BCUT2D eigenvalue weighted by molar-refractivity contribution is -0.384. The van der Waals surface area contributed by atoms with Crippen molar-refractivity contribution >= 4 is 39.9 Å². The molecular formula is C13H8FIN2O3. The molecule has 0 atom stereocenters. The highest BCUT2D eigenvalue weighted by atomic mass is 127. The first kappa shape index (κ1) is 14.4. The number of benzene rings is 2. The number of nitro groups is 1. The molecule has 0 aliphatic carbocycles. The van der Waals surface area contributed by atoms with Crippen molar-refractivity contribution in [2.75, 3.05) is 5.32 Å². The molecule has 0 spiro atoms. The SMILES string of the molecule is O=C(Nc1c(F)cccc1[N+](=O)[O-])c1ccccc1I. The summed E-state index contributed by atoms with van der Waals surface area (Å²) in [4.78, 5) is 22.2. The Morgan fingerprint density at radius 3 is 2.55 bits per heavy atom. The number of halogens is 2. The molecule has 0 aliphatic heterocycles. The summed E-state index contributed by atoms with van der Waals surface area (Å²) in [5.41, 5.74) is -0.586. The number of nitrogens with one attached hydrogen (secondary N) is 1. The Bertz CT molecular complexity index is 691. The highest BCUT2D eigenvalue weighted by Crippen LogP contribution is 2.27. The van der Waals surface area contributed by atoms with Crippen molar-refractivity contribution in [3.05, 3.63) is 67.5 Å². The number of anilines is 1. The molecule has 0 aromatic heterocycles. The zero-order valence-electron chi connectivity index (χ0n) is 9.97. The zero-order valence-corrected chi connectivity index (χ0v) is 12.1. The van der Waals surface area contributed by atoms with Crippen molar-refractivity contribution in [2.24, 2.45) is 0 Å². The third-order valence-electron chi connectivity index (χ3n) is 2.55. The van der Waals surface area contributed by atoms with Gasteiger partial charge in [0.05, 0.1) is 10.5 Å². The van der Waals surface area contributed by atoms with E-state index in [1.165, 1.54) is 6.07 Å². The van der Waals surface area contributed by atoms with Gasteiger partial charge in [-0.25, -0.2) is 4.39 Å². The van der Waals surface area contributed by atoms with Crippen LogP contribution in [0.4, 0.5) is 15.8 Å². The van der Waals surface area contributed by atoms with Gasteiger partial charge in [0.1, 0.15) is 0 Å². The summed E-state index contributed by atoms with van der Waals surface area (Å²) in [7, 11) is 0. The van der Waals surface area contributed by atoms with Crippen molar-refractivity contribution in [3.8, 4) is 0 Å². The van der Waals surface area contributed by atoms with E-state index in [2.05, 4.69) is 5.32 Å². The summed E-state index contributed by atoms with van der Waals surface area (Å²) in [5.74, 6) is -1.44. The van der Waals surface area contributed by atoms with E-state index in [-0.39, 0.29) is 0 Å². The van der Waals surface area contributed by atoms with Crippen LogP contribution in [0.5, 0.6) is 0 Å². The summed E-state index contributed by atoms with van der Waals surface area (Å²) in [5, 5.41) is 13.1. The van der Waals surface area contributed by atoms with Crippen LogP contribution >= 0.6 is 22.6 Å². The maximum Gasteiger partial charge on any atom is 0.295 e. The fourth-order valence-corrected chi connectivity index (χ4v) is 2.25. The number of rotatable bonds is 3. The number of carbonyl (C=O) groups is 1. The second kappa shape index (κ2) is 5.95. The molecule has 20 heavy (non-hydrogen) atoms. The molecule has 2 aromatic rings. The molecule has 0 saturated heterocycles. The van der Waals surface area contributed by atoms with Gasteiger partial charge in [-0.05, 0) is 40.8 Å². The highest BCUT2D eigenvalue weighted by Gasteiger charge is 2.21. The first-order valence-electron chi connectivity index (χ1n) is 5.49. The van der Waals surface area contributed by atoms with Gasteiger partial charge in [-0.15, -0.1) is 0 Å². The van der Waals surface area contributed by atoms with Gasteiger partial charge in [0.15, 0.2) is 11.5 Å². The topological polar surface area (TPSA) is 72.2 Å². The molecule has 2 aromatic carbocycles. The summed E-state index contributed by atoms with van der Waals surface area (Å²) < 4.78 is 14.3. The second-order valence-electron chi connectivity index (χ2n) is 3.83. The van der Waals surface area contributed by atoms with Crippen molar-refractivity contribution in [3.63, 3.8) is 0 Å². The summed E-state index contributed by atoms with van der Waals surface area (Å²) >= 11 is 1.96. The molecule has 1 amide bonds. The largest absolute Gasteiger partial charge is 0.314 e. The number of para-hydroxylation sites is 1. The van der Waals surface area contributed by atoms with Crippen LogP contribution in [0.15, 0.2) is 42.5 Å². The van der Waals surface area contributed by atoms with E-state index in [0.717, 1.165) is 12.1 Å². The minimum atomic E-state index is -0.849. The van der Waals surface area contributed by atoms with Gasteiger partial charge in [-0.2, -0.15) is 0 Å². The van der Waals surface area contributed by atoms with E-state index in [1.54, 1.807) is 24.3 Å². The average Bonchev–Trinajstić information content (AvgIpc) is 2.41. The van der Waals surface area contributed by atoms with Gasteiger partial charge in [0.25, 0.3) is 11.6 Å². The Balaban J connectivity index is 2.38. The first-order valence-corrected chi connectivity index (χ1v) is 6.57. The van der Waals surface area contributed by atoms with Crippen LogP contribution in [0, 0.1) is 19.5 Å². The summed E-state index contributed by atoms with van der Waals surface area (Å²) in [6.45, 7) is 0. The second-order valence-corrected chi connectivity index (χ2v) is 4.99. The molecule has 0 unspecified atom stereocenters. The standard InChI is InChI=1S/C13H8FIN2O3/c14-9-5-3-7-11(17(19)20)12(9)16-13(18)8-4-1-2-6-10(8)15/h1-7H,(H,16,18). The number of hydrogen-bond donors (Lipinski definition) is 1. The van der Waals surface area contributed by atoms with E-state index in [0.29, 0.717) is 9.13 Å². The minimum Gasteiger partial charge on any atom is -0.314 e. The lowest BCUT2D eigenvalue weighted by Gasteiger charge is -2.08. The fraction of sp³-hybridized carbons (Fsp3) is 0. The molecule has 0 fully saturated rings. The molecule has 0 heterocycles. The molecule has 1 N–H and O–H groups in total. The van der Waals surface area contributed by atoms with Crippen LogP contribution in [-0.4, -0.2) is 10.8 Å². The summed E-state index contributed by atoms with van der Waals surface area (Å²) in [6, 6.07) is 10.1. The molecule has 0 aliphatic rings. The molecule has 0 saturated carbocycles. The van der Waals surface area contributed by atoms with Crippen molar-refractivity contribution in [1.29, 1.82) is 0 Å². The normalized spacial score (nSPS) is 10.1. The van der Waals surface area contributed by atoms with Crippen molar-refractivity contribution < 1.29 is 14.1 Å². The van der Waals surface area contributed by atoms with Gasteiger partial charge in [0, 0.05) is 9.64 Å². The Hall–Kier alpha value is -2.03. The van der Waals surface area contributed by atoms with Gasteiger partial charge in [0.2, 0.25) is 0 Å². The van der Waals surface area contributed by atoms with Crippen molar-refractivity contribution in [1.82, 2.24) is 0 Å². The Morgan fingerprint density at radius 2 is 1.90 bits per heavy atom. The van der Waals surface area contributed by atoms with E-state index >= 15 is 0 Å². The molecule has 102 valence electrons. The molecular weight excluding hydrogens is 378 g/mol. The van der Waals surface area contributed by atoms with E-state index < -0.39 is 28.0 Å². The van der Waals surface area contributed by atoms with Gasteiger partial charge >= 0.3 is 0 Å². The monoisotopic (exact) mass is 386 g/mol. The van der Waals surface area contributed by atoms with Crippen molar-refractivity contribution in [2.45, 2.75) is 0 Å². The van der Waals surface area contributed by atoms with E-state index in [4.69, 9.17) is 0 Å². The smallest absolute Gasteiger partial charge is 0.295 e. The van der Waals surface area contributed by atoms with Crippen LogP contribution < -0.4 is 5.32 Å². The average molecular weight is 386 g/mol. The summed E-state index contributed by atoms with van der Waals surface area (Å²) in [6.07, 6.45) is 0. The van der Waals surface area contributed by atoms with Crippen LogP contribution in [0.1, 0.15) is 10.4 Å². The predicted octanol–water partition coefficient (Wildman–Crippen LogP) is 3.59. The quantitative estimate of drug-likeness (QED) is 0.498. The Labute approximate surface area is 127 Å². The maximum atomic E-state index is 13.7. The number of hydrogen-bond acceptors (Lipinski definition) is 3. The predicted molar refractivity (Wildman–Crippen MR) is 80.2 cm³/mol. The molecule has 2 rings (SSSR count). The lowest BCUT2D eigenvalue weighted by atomic mass is 10.2. The lowest BCUT2D eigenvalue weighted by Crippen LogP contribution is -2.15. The van der Waals surface area contributed by atoms with Gasteiger partial charge in [-0.1, -0.05) is 18.2 Å². The van der Waals surface area contributed by atoms with E-state index in [1.807, 2.05) is 22.6 Å². The molecule has 0 radical (unpaired) electrons. The number of carbonyl (C=O) groups excluding carboxylic acids is 1. The first-order chi connectivity index (χ1) is 9.50. The fourth-order valence-electron chi connectivity index (χ4n) is 1.61. The van der Waals surface area contributed by atoms with Crippen LogP contribution in [0.25, 0.3) is 0 Å². The molecule has 7 heteroatoms. The highest BCUT2D eigenvalue weighted by molar-refractivity contribution is 14.1. The van der Waals surface area contributed by atoms with E-state index in [9.17, 15) is 19.3 Å². The zero-order chi connectivity index (χ0) is 14.7. The van der Waals surface area contributed by atoms with Crippen LogP contribution in [0.3, 0.4) is 0 Å². The number of nitrogens with zero attached hydrogens (tertiary/aromatic N) is 1. The Morgan fingerprint density at radius 1 is 1.20 bits per heavy atom. The third kappa shape index (κ3) is 2.93. The third-order valence-corrected chi connectivity index (χ3v) is 3.49. The maximum absolute atomic E-state index is 13.7.